The maximum Gasteiger partial charge on any atom is 0.331 e. The quantitative estimate of drug-likeness (QED) is 0.624. The highest BCUT2D eigenvalue weighted by Gasteiger charge is 2.26. The second-order valence-electron chi connectivity index (χ2n) is 3.78. The number of aromatic nitrogens is 4. The SMILES string of the molecule is CC(C)(C)OC(=O)C(N)c1nn[nH]n1. The smallest absolute Gasteiger partial charge is 0.331 e. The Hall–Kier alpha value is -1.50. The van der Waals surface area contributed by atoms with E-state index < -0.39 is 17.6 Å². The number of carbonyl (C=O) groups is 1. The summed E-state index contributed by atoms with van der Waals surface area (Å²) in [7, 11) is 0. The molecule has 0 aliphatic carbocycles. The summed E-state index contributed by atoms with van der Waals surface area (Å²) in [5, 5.41) is 12.7. The van der Waals surface area contributed by atoms with Crippen LogP contribution < -0.4 is 5.73 Å². The molecule has 1 aromatic heterocycles. The normalized spacial score (nSPS) is 13.7. The molecule has 1 rings (SSSR count). The van der Waals surface area contributed by atoms with Crippen molar-refractivity contribution in [2.45, 2.75) is 32.4 Å². The molecule has 1 atom stereocenters. The molecular formula is C7H13N5O2. The van der Waals surface area contributed by atoms with Gasteiger partial charge >= 0.3 is 5.97 Å². The second kappa shape index (κ2) is 3.70. The molecule has 14 heavy (non-hydrogen) atoms. The summed E-state index contributed by atoms with van der Waals surface area (Å²) in [5.74, 6) is -0.446. The molecule has 0 saturated carbocycles. The number of nitrogens with one attached hydrogen (secondary N) is 1. The van der Waals surface area contributed by atoms with Crippen LogP contribution >= 0.6 is 0 Å². The first-order chi connectivity index (χ1) is 6.40. The van der Waals surface area contributed by atoms with E-state index in [0.29, 0.717) is 0 Å². The highest BCUT2D eigenvalue weighted by molar-refractivity contribution is 5.76. The van der Waals surface area contributed by atoms with Crippen LogP contribution in [0.4, 0.5) is 0 Å². The molecule has 0 amide bonds. The van der Waals surface area contributed by atoms with Crippen LogP contribution in [0.3, 0.4) is 0 Å². The van der Waals surface area contributed by atoms with Crippen LogP contribution in [-0.2, 0) is 9.53 Å². The van der Waals surface area contributed by atoms with Crippen molar-refractivity contribution in [1.82, 2.24) is 20.6 Å². The number of nitrogens with two attached hydrogens (primary N) is 1. The molecule has 0 fully saturated rings. The molecule has 7 nitrogen and oxygen atoms in total. The summed E-state index contributed by atoms with van der Waals surface area (Å²) in [6, 6.07) is -0.993. The minimum absolute atomic E-state index is 0.124. The maximum atomic E-state index is 11.4. The molecule has 0 aliphatic heterocycles. The molecule has 0 bridgehead atoms. The van der Waals surface area contributed by atoms with Crippen molar-refractivity contribution in [3.63, 3.8) is 0 Å². The monoisotopic (exact) mass is 199 g/mol. The van der Waals surface area contributed by atoms with E-state index in [9.17, 15) is 4.79 Å². The predicted octanol–water partition coefficient (Wildman–Crippen LogP) is -0.459. The van der Waals surface area contributed by atoms with Gasteiger partial charge in [-0.2, -0.15) is 5.21 Å². The molecule has 0 aromatic carbocycles. The van der Waals surface area contributed by atoms with Gasteiger partial charge in [-0.3, -0.25) is 0 Å². The van der Waals surface area contributed by atoms with Gasteiger partial charge in [0.1, 0.15) is 5.60 Å². The molecule has 0 saturated heterocycles. The average molecular weight is 199 g/mol. The number of aromatic amines is 1. The molecule has 7 heteroatoms. The van der Waals surface area contributed by atoms with E-state index in [0.717, 1.165) is 0 Å². The summed E-state index contributed by atoms with van der Waals surface area (Å²) in [4.78, 5) is 11.4. The van der Waals surface area contributed by atoms with Crippen LogP contribution in [0.25, 0.3) is 0 Å². The zero-order valence-electron chi connectivity index (χ0n) is 8.31. The third-order valence-electron chi connectivity index (χ3n) is 1.30. The van der Waals surface area contributed by atoms with Crippen molar-refractivity contribution >= 4 is 5.97 Å². The van der Waals surface area contributed by atoms with Gasteiger partial charge in [0.05, 0.1) is 0 Å². The summed E-state index contributed by atoms with van der Waals surface area (Å²) >= 11 is 0. The Morgan fingerprint density at radius 1 is 1.57 bits per heavy atom. The number of hydrogen-bond acceptors (Lipinski definition) is 6. The largest absolute Gasteiger partial charge is 0.458 e. The fourth-order valence-corrected chi connectivity index (χ4v) is 0.772. The van der Waals surface area contributed by atoms with Crippen LogP contribution in [0.5, 0.6) is 0 Å². The lowest BCUT2D eigenvalue weighted by atomic mass is 10.2. The van der Waals surface area contributed by atoms with E-state index in [-0.39, 0.29) is 5.82 Å². The zero-order valence-corrected chi connectivity index (χ0v) is 8.31. The first kappa shape index (κ1) is 10.6. The van der Waals surface area contributed by atoms with E-state index in [1.807, 2.05) is 0 Å². The molecular weight excluding hydrogens is 186 g/mol. The van der Waals surface area contributed by atoms with E-state index >= 15 is 0 Å². The summed E-state index contributed by atoms with van der Waals surface area (Å²) in [5.41, 5.74) is 4.96. The van der Waals surface area contributed by atoms with Crippen LogP contribution in [-0.4, -0.2) is 32.2 Å². The zero-order chi connectivity index (χ0) is 10.8. The van der Waals surface area contributed by atoms with E-state index in [1.165, 1.54) is 0 Å². The molecule has 78 valence electrons. The standard InChI is InChI=1S/C7H13N5O2/c1-7(2,3)14-6(13)4(8)5-9-11-12-10-5/h4H,8H2,1-3H3,(H,9,10,11,12). The Labute approximate surface area is 81.0 Å². The average Bonchev–Trinajstić information content (AvgIpc) is 2.51. The van der Waals surface area contributed by atoms with Crippen molar-refractivity contribution in [3.8, 4) is 0 Å². The Bertz CT molecular complexity index is 302. The van der Waals surface area contributed by atoms with Crippen molar-refractivity contribution < 1.29 is 9.53 Å². The van der Waals surface area contributed by atoms with Gasteiger partial charge in [-0.25, -0.2) is 4.79 Å². The Morgan fingerprint density at radius 2 is 2.21 bits per heavy atom. The van der Waals surface area contributed by atoms with Gasteiger partial charge in [-0.15, -0.1) is 10.2 Å². The fraction of sp³-hybridized carbons (Fsp3) is 0.714. The molecule has 3 N–H and O–H groups in total. The molecule has 0 aliphatic rings. The molecule has 1 heterocycles. The molecule has 0 radical (unpaired) electrons. The van der Waals surface area contributed by atoms with E-state index in [1.54, 1.807) is 20.8 Å². The van der Waals surface area contributed by atoms with E-state index in [2.05, 4.69) is 20.6 Å². The highest BCUT2D eigenvalue weighted by atomic mass is 16.6. The topological polar surface area (TPSA) is 107 Å². The lowest BCUT2D eigenvalue weighted by molar-refractivity contribution is -0.156. The van der Waals surface area contributed by atoms with Gasteiger partial charge in [-0.1, -0.05) is 5.21 Å². The Balaban J connectivity index is 2.63. The second-order valence-corrected chi connectivity index (χ2v) is 3.78. The molecule has 1 unspecified atom stereocenters. The van der Waals surface area contributed by atoms with Gasteiger partial charge < -0.3 is 10.5 Å². The lowest BCUT2D eigenvalue weighted by Crippen LogP contribution is -2.32. The third-order valence-corrected chi connectivity index (χ3v) is 1.30. The minimum Gasteiger partial charge on any atom is -0.458 e. The number of rotatable bonds is 2. The van der Waals surface area contributed by atoms with Crippen LogP contribution in [0.1, 0.15) is 32.6 Å². The van der Waals surface area contributed by atoms with Gasteiger partial charge in [0, 0.05) is 0 Å². The number of nitrogens with zero attached hydrogens (tertiary/aromatic N) is 3. The maximum absolute atomic E-state index is 11.4. The summed E-state index contributed by atoms with van der Waals surface area (Å²) in [6.45, 7) is 5.27. The van der Waals surface area contributed by atoms with Gasteiger partial charge in [-0.05, 0) is 20.8 Å². The van der Waals surface area contributed by atoms with Crippen molar-refractivity contribution in [2.24, 2.45) is 5.73 Å². The minimum atomic E-state index is -0.993. The van der Waals surface area contributed by atoms with Crippen molar-refractivity contribution in [2.75, 3.05) is 0 Å². The number of tetrazole rings is 1. The Kier molecular flexibility index (Phi) is 2.80. The lowest BCUT2D eigenvalue weighted by Gasteiger charge is -2.20. The number of ether oxygens (including phenoxy) is 1. The predicted molar refractivity (Wildman–Crippen MR) is 47.0 cm³/mol. The van der Waals surface area contributed by atoms with Crippen LogP contribution in [0.15, 0.2) is 0 Å². The number of hydrogen-bond donors (Lipinski definition) is 2. The van der Waals surface area contributed by atoms with E-state index in [4.69, 9.17) is 10.5 Å². The molecule has 0 spiro atoms. The van der Waals surface area contributed by atoms with Crippen LogP contribution in [0.2, 0.25) is 0 Å². The Morgan fingerprint density at radius 3 is 2.64 bits per heavy atom. The van der Waals surface area contributed by atoms with Crippen molar-refractivity contribution in [3.05, 3.63) is 5.82 Å². The van der Waals surface area contributed by atoms with Gasteiger partial charge in [0.2, 0.25) is 5.82 Å². The van der Waals surface area contributed by atoms with Gasteiger partial charge in [0.15, 0.2) is 6.04 Å². The fourth-order valence-electron chi connectivity index (χ4n) is 0.772. The summed E-state index contributed by atoms with van der Waals surface area (Å²) in [6.07, 6.45) is 0. The first-order valence-electron chi connectivity index (χ1n) is 4.12. The van der Waals surface area contributed by atoms with Crippen molar-refractivity contribution in [1.29, 1.82) is 0 Å². The molecule has 1 aromatic rings. The summed E-state index contributed by atoms with van der Waals surface area (Å²) < 4.78 is 5.04. The number of H-pyrrole nitrogens is 1. The van der Waals surface area contributed by atoms with Gasteiger partial charge in [0.25, 0.3) is 0 Å². The highest BCUT2D eigenvalue weighted by Crippen LogP contribution is 2.12. The third kappa shape index (κ3) is 2.77. The number of carbonyl (C=O) groups excluding carboxylic acids is 1. The first-order valence-corrected chi connectivity index (χ1v) is 4.12. The van der Waals surface area contributed by atoms with Crippen LogP contribution in [0, 0.1) is 0 Å². The number of esters is 1.